The topological polar surface area (TPSA) is 96.4 Å². The zero-order valence-corrected chi connectivity index (χ0v) is 22.9. The molecule has 38 heavy (non-hydrogen) atoms. The van der Waals surface area contributed by atoms with Gasteiger partial charge in [-0.15, -0.1) is 6.58 Å². The van der Waals surface area contributed by atoms with Crippen molar-refractivity contribution in [2.75, 3.05) is 24.7 Å². The van der Waals surface area contributed by atoms with E-state index in [2.05, 4.69) is 13.2 Å². The molecule has 3 heterocycles. The SMILES string of the molecule is C=CCOC(=O)[C@@H]1[C@@H]2CCC3(O2)C(C(=O)N(CC=C)c2c(C)cccc2C)N([C@@H](CO)[C@@H](C)CC)C(=O)[C@H]13. The number of para-hydroxylation sites is 1. The van der Waals surface area contributed by atoms with E-state index in [1.165, 1.54) is 6.08 Å². The Balaban J connectivity index is 1.86. The van der Waals surface area contributed by atoms with Crippen molar-refractivity contribution in [2.24, 2.45) is 17.8 Å². The van der Waals surface area contributed by atoms with E-state index in [0.29, 0.717) is 19.3 Å². The van der Waals surface area contributed by atoms with Gasteiger partial charge in [-0.1, -0.05) is 57.2 Å². The molecule has 0 radical (unpaired) electrons. The highest BCUT2D eigenvalue weighted by Crippen LogP contribution is 2.59. The van der Waals surface area contributed by atoms with Crippen molar-refractivity contribution in [3.05, 3.63) is 54.6 Å². The number of carbonyl (C=O) groups excluding carboxylic acids is 3. The fraction of sp³-hybridized carbons (Fsp3) is 0.567. The van der Waals surface area contributed by atoms with Crippen LogP contribution in [0.2, 0.25) is 0 Å². The second-order valence-electron chi connectivity index (χ2n) is 10.8. The Morgan fingerprint density at radius 1 is 1.29 bits per heavy atom. The molecule has 3 aliphatic heterocycles. The van der Waals surface area contributed by atoms with E-state index >= 15 is 0 Å². The summed E-state index contributed by atoms with van der Waals surface area (Å²) in [6.45, 7) is 15.3. The second kappa shape index (κ2) is 11.0. The minimum atomic E-state index is -1.17. The first-order chi connectivity index (χ1) is 18.2. The molecular formula is C30H40N2O6. The van der Waals surface area contributed by atoms with Crippen molar-refractivity contribution in [2.45, 2.75) is 70.7 Å². The number of fused-ring (bicyclic) bond motifs is 1. The third-order valence-corrected chi connectivity index (χ3v) is 8.72. The lowest BCUT2D eigenvalue weighted by molar-refractivity contribution is -0.155. The molecule has 0 saturated carbocycles. The lowest BCUT2D eigenvalue weighted by Gasteiger charge is -2.41. The number of aliphatic hydroxyl groups excluding tert-OH is 1. The number of nitrogens with zero attached hydrogens (tertiary/aromatic N) is 2. The monoisotopic (exact) mass is 524 g/mol. The molecule has 2 amide bonds. The van der Waals surface area contributed by atoms with E-state index < -0.39 is 41.6 Å². The van der Waals surface area contributed by atoms with Gasteiger partial charge in [0.25, 0.3) is 5.91 Å². The van der Waals surface area contributed by atoms with E-state index in [1.54, 1.807) is 15.9 Å². The Morgan fingerprint density at radius 2 is 1.97 bits per heavy atom. The van der Waals surface area contributed by atoms with Gasteiger partial charge < -0.3 is 24.4 Å². The largest absolute Gasteiger partial charge is 0.461 e. The number of hydrogen-bond donors (Lipinski definition) is 1. The second-order valence-corrected chi connectivity index (χ2v) is 10.8. The first kappa shape index (κ1) is 28.0. The lowest BCUT2D eigenvalue weighted by Crippen LogP contribution is -2.60. The molecule has 8 nitrogen and oxygen atoms in total. The van der Waals surface area contributed by atoms with Crippen LogP contribution in [0, 0.1) is 31.6 Å². The van der Waals surface area contributed by atoms with Crippen LogP contribution in [-0.2, 0) is 23.9 Å². The van der Waals surface area contributed by atoms with Gasteiger partial charge in [-0.2, -0.15) is 0 Å². The van der Waals surface area contributed by atoms with Gasteiger partial charge in [-0.3, -0.25) is 14.4 Å². The maximum absolute atomic E-state index is 14.7. The van der Waals surface area contributed by atoms with Crippen LogP contribution in [0.3, 0.4) is 0 Å². The first-order valence-electron chi connectivity index (χ1n) is 13.5. The maximum atomic E-state index is 14.7. The number of aryl methyl sites for hydroxylation is 2. The Bertz CT molecular complexity index is 1100. The van der Waals surface area contributed by atoms with Crippen LogP contribution in [0.1, 0.15) is 44.2 Å². The quantitative estimate of drug-likeness (QED) is 0.352. The standard InChI is InChI=1S/C30H40N2O6/c1-7-15-31(25-19(5)11-10-12-20(25)6)28(35)26-30-14-13-22(38-30)23(29(36)37-16-8-2)24(30)27(34)32(26)21(17-33)18(4)9-3/h7-8,10-12,18,21-24,26,33H,1-2,9,13-17H2,3-6H3/t18-,21-,22-,23+,24-,26?,30?/m0/s1. The molecule has 1 spiro atoms. The summed E-state index contributed by atoms with van der Waals surface area (Å²) in [5, 5.41) is 10.5. The summed E-state index contributed by atoms with van der Waals surface area (Å²) in [6.07, 6.45) is 4.38. The molecule has 0 aliphatic carbocycles. The summed E-state index contributed by atoms with van der Waals surface area (Å²) in [6, 6.07) is 4.24. The van der Waals surface area contributed by atoms with Gasteiger partial charge in [-0.25, -0.2) is 0 Å². The number of benzene rings is 1. The minimum absolute atomic E-state index is 0.0356. The highest BCUT2D eigenvalue weighted by molar-refractivity contribution is 6.05. The van der Waals surface area contributed by atoms with Crippen molar-refractivity contribution < 1.29 is 29.0 Å². The molecule has 3 fully saturated rings. The average Bonchev–Trinajstić information content (AvgIpc) is 3.54. The van der Waals surface area contributed by atoms with Gasteiger partial charge in [0.1, 0.15) is 18.2 Å². The van der Waals surface area contributed by atoms with Gasteiger partial charge in [0.15, 0.2) is 0 Å². The van der Waals surface area contributed by atoms with E-state index in [9.17, 15) is 19.5 Å². The first-order valence-corrected chi connectivity index (χ1v) is 13.5. The Hall–Kier alpha value is -2.97. The number of carbonyl (C=O) groups is 3. The predicted octanol–water partition coefficient (Wildman–Crippen LogP) is 3.33. The molecule has 4 rings (SSSR count). The summed E-state index contributed by atoms with van der Waals surface area (Å²) >= 11 is 0. The van der Waals surface area contributed by atoms with Crippen LogP contribution < -0.4 is 4.90 Å². The highest BCUT2D eigenvalue weighted by atomic mass is 16.6. The number of rotatable bonds is 11. The normalized spacial score (nSPS) is 29.1. The third-order valence-electron chi connectivity index (χ3n) is 8.72. The Kier molecular flexibility index (Phi) is 8.14. The van der Waals surface area contributed by atoms with Crippen molar-refractivity contribution in [3.8, 4) is 0 Å². The fourth-order valence-electron chi connectivity index (χ4n) is 6.85. The zero-order chi connectivity index (χ0) is 27.8. The van der Waals surface area contributed by atoms with Crippen LogP contribution in [0.25, 0.3) is 0 Å². The number of esters is 1. The van der Waals surface area contributed by atoms with Gasteiger partial charge >= 0.3 is 5.97 Å². The van der Waals surface area contributed by atoms with E-state index in [4.69, 9.17) is 9.47 Å². The molecule has 2 bridgehead atoms. The van der Waals surface area contributed by atoms with Crippen molar-refractivity contribution >= 4 is 23.5 Å². The molecule has 3 aliphatic rings. The minimum Gasteiger partial charge on any atom is -0.461 e. The van der Waals surface area contributed by atoms with Crippen molar-refractivity contribution in [3.63, 3.8) is 0 Å². The average molecular weight is 525 g/mol. The summed E-state index contributed by atoms with van der Waals surface area (Å²) in [5.74, 6) is -2.86. The number of amides is 2. The molecule has 1 N–H and O–H groups in total. The fourth-order valence-corrected chi connectivity index (χ4v) is 6.85. The third kappa shape index (κ3) is 4.28. The van der Waals surface area contributed by atoms with Crippen LogP contribution in [0.5, 0.6) is 0 Å². The molecule has 8 heteroatoms. The van der Waals surface area contributed by atoms with Crippen molar-refractivity contribution in [1.82, 2.24) is 4.90 Å². The van der Waals surface area contributed by atoms with Gasteiger partial charge in [0.2, 0.25) is 5.91 Å². The molecule has 1 aromatic carbocycles. The molecule has 0 aromatic heterocycles. The van der Waals surface area contributed by atoms with E-state index in [-0.39, 0.29) is 37.5 Å². The Labute approximate surface area is 225 Å². The lowest BCUT2D eigenvalue weighted by atomic mass is 9.70. The van der Waals surface area contributed by atoms with Crippen LogP contribution >= 0.6 is 0 Å². The summed E-state index contributed by atoms with van der Waals surface area (Å²) in [4.78, 5) is 45.3. The van der Waals surface area contributed by atoms with Crippen LogP contribution in [0.4, 0.5) is 5.69 Å². The summed E-state index contributed by atoms with van der Waals surface area (Å²) < 4.78 is 11.9. The number of hydrogen-bond acceptors (Lipinski definition) is 6. The molecule has 206 valence electrons. The number of anilines is 1. The molecule has 7 atom stereocenters. The molecule has 3 saturated heterocycles. The van der Waals surface area contributed by atoms with Gasteiger partial charge in [0.05, 0.1) is 30.6 Å². The highest BCUT2D eigenvalue weighted by Gasteiger charge is 2.75. The Morgan fingerprint density at radius 3 is 2.55 bits per heavy atom. The number of likely N-dealkylation sites (tertiary alicyclic amines) is 1. The number of aliphatic hydroxyl groups is 1. The van der Waals surface area contributed by atoms with Crippen LogP contribution in [-0.4, -0.2) is 71.3 Å². The summed E-state index contributed by atoms with van der Waals surface area (Å²) in [5.41, 5.74) is 1.44. The zero-order valence-electron chi connectivity index (χ0n) is 22.9. The van der Waals surface area contributed by atoms with Gasteiger partial charge in [-0.05, 0) is 43.7 Å². The van der Waals surface area contributed by atoms with Gasteiger partial charge in [0, 0.05) is 12.2 Å². The molecule has 1 aromatic rings. The summed E-state index contributed by atoms with van der Waals surface area (Å²) in [7, 11) is 0. The number of ether oxygens (including phenoxy) is 2. The smallest absolute Gasteiger partial charge is 0.312 e. The molecular weight excluding hydrogens is 484 g/mol. The van der Waals surface area contributed by atoms with E-state index in [1.807, 2.05) is 45.9 Å². The molecule has 2 unspecified atom stereocenters. The maximum Gasteiger partial charge on any atom is 0.312 e. The van der Waals surface area contributed by atoms with E-state index in [0.717, 1.165) is 16.8 Å². The van der Waals surface area contributed by atoms with Crippen molar-refractivity contribution in [1.29, 1.82) is 0 Å². The van der Waals surface area contributed by atoms with Crippen LogP contribution in [0.15, 0.2) is 43.5 Å². The predicted molar refractivity (Wildman–Crippen MR) is 144 cm³/mol.